The molecular weight excluding hydrogens is 282 g/mol. The Morgan fingerprint density at radius 3 is 2.79 bits per heavy atom. The number of carbonyl (C=O) groups is 1. The SMILES string of the molecule is NC(=O)C1CCCN(c2ccc(Cl)cc2C(N)=S)C1. The number of nitrogens with zero attached hydrogens (tertiary/aromatic N) is 1. The molecule has 4 N–H and O–H groups in total. The third kappa shape index (κ3) is 3.16. The van der Waals surface area contributed by atoms with Crippen LogP contribution >= 0.6 is 23.8 Å². The molecule has 0 saturated carbocycles. The Hall–Kier alpha value is -1.33. The van der Waals surface area contributed by atoms with E-state index in [1.54, 1.807) is 12.1 Å². The summed E-state index contributed by atoms with van der Waals surface area (Å²) in [6.45, 7) is 1.47. The zero-order valence-electron chi connectivity index (χ0n) is 10.4. The molecule has 0 aliphatic carbocycles. The zero-order chi connectivity index (χ0) is 14.0. The zero-order valence-corrected chi connectivity index (χ0v) is 12.0. The first-order valence-electron chi connectivity index (χ1n) is 6.12. The Kier molecular flexibility index (Phi) is 4.27. The molecule has 1 aromatic rings. The number of piperidine rings is 1. The monoisotopic (exact) mass is 297 g/mol. The first-order valence-corrected chi connectivity index (χ1v) is 6.91. The molecule has 19 heavy (non-hydrogen) atoms. The fourth-order valence-electron chi connectivity index (χ4n) is 2.41. The first-order chi connectivity index (χ1) is 8.99. The number of amides is 1. The molecule has 1 atom stereocenters. The second-order valence-corrected chi connectivity index (χ2v) is 5.59. The van der Waals surface area contributed by atoms with Gasteiger partial charge in [0.05, 0.1) is 5.92 Å². The van der Waals surface area contributed by atoms with Crippen LogP contribution < -0.4 is 16.4 Å². The number of halogens is 1. The summed E-state index contributed by atoms with van der Waals surface area (Å²) in [5, 5.41) is 0.593. The van der Waals surface area contributed by atoms with Crippen LogP contribution in [-0.2, 0) is 4.79 Å². The molecule has 1 aromatic carbocycles. The molecule has 4 nitrogen and oxygen atoms in total. The molecule has 1 unspecified atom stereocenters. The molecule has 0 spiro atoms. The van der Waals surface area contributed by atoms with Gasteiger partial charge in [-0.2, -0.15) is 0 Å². The van der Waals surface area contributed by atoms with Gasteiger partial charge in [-0.25, -0.2) is 0 Å². The lowest BCUT2D eigenvalue weighted by atomic mass is 9.96. The maximum Gasteiger partial charge on any atom is 0.222 e. The standard InChI is InChI=1S/C13H16ClN3OS/c14-9-3-4-11(10(6-9)13(16)19)17-5-1-2-8(7-17)12(15)18/h3-4,6,8H,1-2,5,7H2,(H2,15,18)(H2,16,19). The number of hydrogen-bond donors (Lipinski definition) is 2. The number of anilines is 1. The molecule has 1 heterocycles. The van der Waals surface area contributed by atoms with Crippen molar-refractivity contribution in [2.24, 2.45) is 17.4 Å². The van der Waals surface area contributed by atoms with Crippen molar-refractivity contribution in [1.29, 1.82) is 0 Å². The maximum absolute atomic E-state index is 11.3. The molecule has 2 rings (SSSR count). The van der Waals surface area contributed by atoms with Crippen molar-refractivity contribution in [3.05, 3.63) is 28.8 Å². The lowest BCUT2D eigenvalue weighted by molar-refractivity contribution is -0.122. The molecule has 0 aromatic heterocycles. The predicted molar refractivity (Wildman–Crippen MR) is 81.5 cm³/mol. The predicted octanol–water partition coefficient (Wildman–Crippen LogP) is 1.68. The van der Waals surface area contributed by atoms with Gasteiger partial charge in [-0.15, -0.1) is 0 Å². The fraction of sp³-hybridized carbons (Fsp3) is 0.385. The molecule has 1 saturated heterocycles. The minimum atomic E-state index is -0.254. The van der Waals surface area contributed by atoms with Gasteiger partial charge < -0.3 is 16.4 Å². The van der Waals surface area contributed by atoms with Gasteiger partial charge >= 0.3 is 0 Å². The van der Waals surface area contributed by atoms with Gasteiger partial charge in [0.1, 0.15) is 4.99 Å². The molecule has 102 valence electrons. The Morgan fingerprint density at radius 1 is 1.42 bits per heavy atom. The van der Waals surface area contributed by atoms with E-state index in [1.807, 2.05) is 6.07 Å². The Balaban J connectivity index is 2.30. The van der Waals surface area contributed by atoms with Gasteiger partial charge in [-0.3, -0.25) is 4.79 Å². The maximum atomic E-state index is 11.3. The van der Waals surface area contributed by atoms with Crippen LogP contribution in [0, 0.1) is 5.92 Å². The number of benzene rings is 1. The Labute approximate surface area is 122 Å². The highest BCUT2D eigenvalue weighted by Crippen LogP contribution is 2.28. The van der Waals surface area contributed by atoms with Crippen molar-refractivity contribution in [2.45, 2.75) is 12.8 Å². The molecule has 1 aliphatic rings. The second-order valence-electron chi connectivity index (χ2n) is 4.71. The summed E-state index contributed by atoms with van der Waals surface area (Å²) in [6, 6.07) is 5.44. The quantitative estimate of drug-likeness (QED) is 0.833. The van der Waals surface area contributed by atoms with Crippen molar-refractivity contribution in [3.8, 4) is 0 Å². The summed E-state index contributed by atoms with van der Waals surface area (Å²) in [7, 11) is 0. The molecule has 0 radical (unpaired) electrons. The van der Waals surface area contributed by atoms with Crippen LogP contribution in [0.5, 0.6) is 0 Å². The summed E-state index contributed by atoms with van der Waals surface area (Å²) in [4.78, 5) is 13.7. The Bertz CT molecular complexity index is 521. The topological polar surface area (TPSA) is 72.4 Å². The third-order valence-corrected chi connectivity index (χ3v) is 3.84. The fourth-order valence-corrected chi connectivity index (χ4v) is 2.75. The van der Waals surface area contributed by atoms with Crippen LogP contribution in [0.15, 0.2) is 18.2 Å². The summed E-state index contributed by atoms with van der Waals surface area (Å²) >= 11 is 11.0. The molecule has 1 aliphatic heterocycles. The highest BCUT2D eigenvalue weighted by Gasteiger charge is 2.25. The van der Waals surface area contributed by atoms with Crippen molar-refractivity contribution < 1.29 is 4.79 Å². The number of rotatable bonds is 3. The average molecular weight is 298 g/mol. The minimum absolute atomic E-state index is 0.122. The van der Waals surface area contributed by atoms with Crippen molar-refractivity contribution >= 4 is 40.4 Å². The van der Waals surface area contributed by atoms with Crippen molar-refractivity contribution in [1.82, 2.24) is 0 Å². The Morgan fingerprint density at radius 2 is 2.16 bits per heavy atom. The van der Waals surface area contributed by atoms with E-state index < -0.39 is 0 Å². The van der Waals surface area contributed by atoms with E-state index in [0.717, 1.165) is 30.6 Å². The van der Waals surface area contributed by atoms with Crippen LogP contribution in [-0.4, -0.2) is 24.0 Å². The normalized spacial score (nSPS) is 19.2. The number of nitrogens with two attached hydrogens (primary N) is 2. The lowest BCUT2D eigenvalue weighted by Gasteiger charge is -2.34. The summed E-state index contributed by atoms with van der Waals surface area (Å²) in [6.07, 6.45) is 1.76. The van der Waals surface area contributed by atoms with Gasteiger partial charge in [0.25, 0.3) is 0 Å². The number of carbonyl (C=O) groups excluding carboxylic acids is 1. The van der Waals surface area contributed by atoms with E-state index in [-0.39, 0.29) is 11.8 Å². The molecule has 1 amide bonds. The molecule has 0 bridgehead atoms. The summed E-state index contributed by atoms with van der Waals surface area (Å²) in [5.74, 6) is -0.376. The highest BCUT2D eigenvalue weighted by molar-refractivity contribution is 7.80. The van der Waals surface area contributed by atoms with E-state index in [9.17, 15) is 4.79 Å². The second kappa shape index (κ2) is 5.75. The summed E-state index contributed by atoms with van der Waals surface area (Å²) in [5.41, 5.74) is 12.8. The molecular formula is C13H16ClN3OS. The van der Waals surface area contributed by atoms with Crippen LogP contribution in [0.3, 0.4) is 0 Å². The van der Waals surface area contributed by atoms with Crippen molar-refractivity contribution in [3.63, 3.8) is 0 Å². The van der Waals surface area contributed by atoms with Crippen LogP contribution in [0.25, 0.3) is 0 Å². The average Bonchev–Trinajstić information content (AvgIpc) is 2.38. The third-order valence-electron chi connectivity index (χ3n) is 3.39. The lowest BCUT2D eigenvalue weighted by Crippen LogP contribution is -2.41. The van der Waals surface area contributed by atoms with E-state index >= 15 is 0 Å². The number of hydrogen-bond acceptors (Lipinski definition) is 3. The highest BCUT2D eigenvalue weighted by atomic mass is 35.5. The van der Waals surface area contributed by atoms with E-state index in [4.69, 9.17) is 35.3 Å². The molecule has 6 heteroatoms. The van der Waals surface area contributed by atoms with Crippen LogP contribution in [0.4, 0.5) is 5.69 Å². The van der Waals surface area contributed by atoms with E-state index in [1.165, 1.54) is 0 Å². The van der Waals surface area contributed by atoms with Crippen molar-refractivity contribution in [2.75, 3.05) is 18.0 Å². The first kappa shape index (κ1) is 14.1. The summed E-state index contributed by atoms with van der Waals surface area (Å²) < 4.78 is 0. The van der Waals surface area contributed by atoms with Crippen LogP contribution in [0.1, 0.15) is 18.4 Å². The smallest absolute Gasteiger partial charge is 0.222 e. The van der Waals surface area contributed by atoms with Crippen LogP contribution in [0.2, 0.25) is 5.02 Å². The minimum Gasteiger partial charge on any atom is -0.389 e. The van der Waals surface area contributed by atoms with Gasteiger partial charge in [0, 0.05) is 29.4 Å². The van der Waals surface area contributed by atoms with E-state index in [2.05, 4.69) is 4.90 Å². The largest absolute Gasteiger partial charge is 0.389 e. The number of primary amides is 1. The van der Waals surface area contributed by atoms with Gasteiger partial charge in [0.2, 0.25) is 5.91 Å². The number of thiocarbonyl (C=S) groups is 1. The van der Waals surface area contributed by atoms with E-state index in [0.29, 0.717) is 16.6 Å². The van der Waals surface area contributed by atoms with Gasteiger partial charge in [-0.1, -0.05) is 23.8 Å². The molecule has 1 fully saturated rings. The van der Waals surface area contributed by atoms with Gasteiger partial charge in [-0.05, 0) is 31.0 Å². The van der Waals surface area contributed by atoms with Gasteiger partial charge in [0.15, 0.2) is 0 Å².